The molecule has 1 aliphatic rings. The highest BCUT2D eigenvalue weighted by atomic mass is 16.6. The van der Waals surface area contributed by atoms with Gasteiger partial charge in [0.05, 0.1) is 17.0 Å². The van der Waals surface area contributed by atoms with E-state index in [9.17, 15) is 25.0 Å². The number of aliphatic imine (C=N–C) groups is 1. The van der Waals surface area contributed by atoms with Crippen molar-refractivity contribution in [3.63, 3.8) is 0 Å². The Morgan fingerprint density at radius 1 is 1.07 bits per heavy atom. The maximum Gasteiger partial charge on any atom is 0.363 e. The summed E-state index contributed by atoms with van der Waals surface area (Å²) in [6.45, 7) is 1.60. The van der Waals surface area contributed by atoms with Gasteiger partial charge < -0.3 is 9.47 Å². The largest absolute Gasteiger partial charge is 0.490 e. The number of methoxy groups -OCH3 is 1. The molecule has 0 unspecified atom stereocenters. The van der Waals surface area contributed by atoms with E-state index in [1.165, 1.54) is 37.5 Å². The molecule has 142 valence electrons. The lowest BCUT2D eigenvalue weighted by atomic mass is 10.1. The Hall–Kier alpha value is -4.08. The Labute approximate surface area is 158 Å². The van der Waals surface area contributed by atoms with Crippen LogP contribution in [0.3, 0.4) is 0 Å². The van der Waals surface area contributed by atoms with E-state index in [-0.39, 0.29) is 34.3 Å². The van der Waals surface area contributed by atoms with E-state index in [2.05, 4.69) is 4.99 Å². The Morgan fingerprint density at radius 2 is 1.79 bits per heavy atom. The average molecular weight is 383 g/mol. The first kappa shape index (κ1) is 18.7. The van der Waals surface area contributed by atoms with Crippen LogP contribution in [0, 0.1) is 27.2 Å². The lowest BCUT2D eigenvalue weighted by Crippen LogP contribution is -2.06. The van der Waals surface area contributed by atoms with Crippen LogP contribution < -0.4 is 4.74 Å². The number of hydrogen-bond acceptors (Lipinski definition) is 8. The molecule has 1 aliphatic heterocycles. The number of nitrogens with zero attached hydrogens (tertiary/aromatic N) is 3. The number of cyclic esters (lactones) is 1. The minimum Gasteiger partial charge on any atom is -0.490 e. The van der Waals surface area contributed by atoms with Crippen molar-refractivity contribution in [2.75, 3.05) is 7.11 Å². The molecule has 0 saturated carbocycles. The fourth-order valence-corrected chi connectivity index (χ4v) is 2.57. The van der Waals surface area contributed by atoms with E-state index in [1.54, 1.807) is 19.1 Å². The summed E-state index contributed by atoms with van der Waals surface area (Å²) in [5, 5.41) is 22.2. The first-order valence-corrected chi connectivity index (χ1v) is 7.90. The van der Waals surface area contributed by atoms with E-state index in [4.69, 9.17) is 9.47 Å². The number of rotatable bonds is 5. The fraction of sp³-hybridized carbons (Fsp3) is 0.111. The molecule has 1 heterocycles. The third-order valence-electron chi connectivity index (χ3n) is 3.98. The van der Waals surface area contributed by atoms with Crippen LogP contribution in [0.4, 0.5) is 11.4 Å². The molecular formula is C18H13N3O7. The molecule has 0 bridgehead atoms. The lowest BCUT2D eigenvalue weighted by Gasteiger charge is -2.03. The summed E-state index contributed by atoms with van der Waals surface area (Å²) < 4.78 is 10.0. The van der Waals surface area contributed by atoms with Crippen molar-refractivity contribution in [3.8, 4) is 5.75 Å². The van der Waals surface area contributed by atoms with Crippen LogP contribution in [0.1, 0.15) is 16.7 Å². The van der Waals surface area contributed by atoms with Crippen LogP contribution in [0.2, 0.25) is 0 Å². The molecule has 3 rings (SSSR count). The minimum absolute atomic E-state index is 0.0569. The Balaban J connectivity index is 1.99. The molecule has 2 aromatic rings. The number of nitro groups is 2. The molecule has 10 nitrogen and oxygen atoms in total. The predicted octanol–water partition coefficient (Wildman–Crippen LogP) is 3.16. The molecule has 0 saturated heterocycles. The van der Waals surface area contributed by atoms with Gasteiger partial charge in [0.1, 0.15) is 0 Å². The Kier molecular flexibility index (Phi) is 4.86. The van der Waals surface area contributed by atoms with E-state index < -0.39 is 15.8 Å². The molecule has 0 radical (unpaired) electrons. The van der Waals surface area contributed by atoms with Crippen molar-refractivity contribution in [3.05, 3.63) is 79.0 Å². The zero-order valence-corrected chi connectivity index (χ0v) is 14.7. The van der Waals surface area contributed by atoms with Gasteiger partial charge in [0.2, 0.25) is 5.90 Å². The number of nitro benzene ring substituents is 2. The first-order valence-electron chi connectivity index (χ1n) is 7.90. The van der Waals surface area contributed by atoms with E-state index in [0.717, 1.165) is 0 Å². The van der Waals surface area contributed by atoms with Gasteiger partial charge in [-0.05, 0) is 30.7 Å². The van der Waals surface area contributed by atoms with Gasteiger partial charge in [0.25, 0.3) is 5.69 Å². The van der Waals surface area contributed by atoms with Crippen molar-refractivity contribution in [2.24, 2.45) is 4.99 Å². The topological polar surface area (TPSA) is 134 Å². The summed E-state index contributed by atoms with van der Waals surface area (Å²) in [5.74, 6) is -0.818. The van der Waals surface area contributed by atoms with Gasteiger partial charge in [-0.2, -0.15) is 0 Å². The molecule has 0 atom stereocenters. The molecule has 0 aromatic heterocycles. The second-order valence-corrected chi connectivity index (χ2v) is 5.78. The standard InChI is InChI=1S/C18H13N3O7/c1-10-3-4-11(8-14(10)20(23)24)7-13-18(22)28-17(19-13)12-5-6-16(27-2)15(9-12)21(25)26/h3-9H,1-2H3. The van der Waals surface area contributed by atoms with Gasteiger partial charge in [0, 0.05) is 23.3 Å². The SMILES string of the molecule is COc1ccc(C2=NC(=Cc3ccc(C)c([N+](=O)[O-])c3)C(=O)O2)cc1[N+](=O)[O-]. The van der Waals surface area contributed by atoms with E-state index in [0.29, 0.717) is 11.1 Å². The molecule has 0 amide bonds. The third-order valence-corrected chi connectivity index (χ3v) is 3.98. The number of carbonyl (C=O) groups is 1. The van der Waals surface area contributed by atoms with Crippen LogP contribution in [0.25, 0.3) is 6.08 Å². The van der Waals surface area contributed by atoms with Gasteiger partial charge in [-0.1, -0.05) is 12.1 Å². The van der Waals surface area contributed by atoms with Crippen LogP contribution in [0.15, 0.2) is 47.1 Å². The average Bonchev–Trinajstić information content (AvgIpc) is 3.02. The van der Waals surface area contributed by atoms with E-state index in [1.807, 2.05) is 0 Å². The van der Waals surface area contributed by atoms with Crippen LogP contribution in [-0.4, -0.2) is 28.8 Å². The van der Waals surface area contributed by atoms with Crippen molar-refractivity contribution in [1.29, 1.82) is 0 Å². The molecule has 0 aliphatic carbocycles. The highest BCUT2D eigenvalue weighted by Gasteiger charge is 2.27. The Morgan fingerprint density at radius 3 is 2.43 bits per heavy atom. The number of hydrogen-bond donors (Lipinski definition) is 0. The third kappa shape index (κ3) is 3.56. The number of benzene rings is 2. The summed E-state index contributed by atoms with van der Waals surface area (Å²) in [5.41, 5.74) is 0.637. The first-order chi connectivity index (χ1) is 13.3. The molecule has 0 N–H and O–H groups in total. The smallest absolute Gasteiger partial charge is 0.363 e. The Bertz CT molecular complexity index is 1070. The monoisotopic (exact) mass is 383 g/mol. The van der Waals surface area contributed by atoms with Gasteiger partial charge in [0.15, 0.2) is 11.4 Å². The quantitative estimate of drug-likeness (QED) is 0.335. The highest BCUT2D eigenvalue weighted by molar-refractivity contribution is 6.13. The fourth-order valence-electron chi connectivity index (χ4n) is 2.57. The highest BCUT2D eigenvalue weighted by Crippen LogP contribution is 2.30. The molecule has 0 fully saturated rings. The van der Waals surface area contributed by atoms with Gasteiger partial charge in [-0.15, -0.1) is 0 Å². The van der Waals surface area contributed by atoms with Crippen LogP contribution >= 0.6 is 0 Å². The summed E-state index contributed by atoms with van der Waals surface area (Å²) in [6, 6.07) is 8.51. The zero-order chi connectivity index (χ0) is 20.4. The summed E-state index contributed by atoms with van der Waals surface area (Å²) in [4.78, 5) is 37.2. The lowest BCUT2D eigenvalue weighted by molar-refractivity contribution is -0.385. The van der Waals surface area contributed by atoms with Gasteiger partial charge in [-0.3, -0.25) is 20.2 Å². The normalized spacial score (nSPS) is 14.6. The summed E-state index contributed by atoms with van der Waals surface area (Å²) in [6.07, 6.45) is 1.35. The zero-order valence-electron chi connectivity index (χ0n) is 14.7. The van der Waals surface area contributed by atoms with Gasteiger partial charge >= 0.3 is 11.7 Å². The second kappa shape index (κ2) is 7.27. The molecule has 2 aromatic carbocycles. The molecule has 0 spiro atoms. The minimum atomic E-state index is -0.767. The summed E-state index contributed by atoms with van der Waals surface area (Å²) >= 11 is 0. The van der Waals surface area contributed by atoms with Crippen molar-refractivity contribution >= 4 is 29.3 Å². The van der Waals surface area contributed by atoms with Crippen LogP contribution in [-0.2, 0) is 9.53 Å². The van der Waals surface area contributed by atoms with Crippen molar-refractivity contribution < 1.29 is 24.1 Å². The number of esters is 1. The van der Waals surface area contributed by atoms with E-state index >= 15 is 0 Å². The van der Waals surface area contributed by atoms with Gasteiger partial charge in [-0.25, -0.2) is 9.79 Å². The number of ether oxygens (including phenoxy) is 2. The molecular weight excluding hydrogens is 370 g/mol. The maximum absolute atomic E-state index is 12.1. The van der Waals surface area contributed by atoms with Crippen molar-refractivity contribution in [2.45, 2.75) is 6.92 Å². The van der Waals surface area contributed by atoms with Crippen LogP contribution in [0.5, 0.6) is 5.75 Å². The molecule has 10 heteroatoms. The maximum atomic E-state index is 12.1. The predicted molar refractivity (Wildman–Crippen MR) is 98.1 cm³/mol. The van der Waals surface area contributed by atoms with Crippen molar-refractivity contribution in [1.82, 2.24) is 0 Å². The second-order valence-electron chi connectivity index (χ2n) is 5.78. The summed E-state index contributed by atoms with van der Waals surface area (Å²) in [7, 11) is 1.30. The molecule has 28 heavy (non-hydrogen) atoms. The number of aryl methyl sites for hydroxylation is 1. The number of carbonyl (C=O) groups excluding carboxylic acids is 1.